The normalized spacial score (nSPS) is 25.8. The molecule has 1 aromatic heterocycles. The van der Waals surface area contributed by atoms with Crippen LogP contribution in [-0.4, -0.2) is 23.0 Å². The minimum absolute atomic E-state index is 0.650. The highest BCUT2D eigenvalue weighted by Gasteiger charge is 2.35. The number of nitrogens with one attached hydrogen (secondary N) is 1. The molecule has 2 heteroatoms. The predicted octanol–water partition coefficient (Wildman–Crippen LogP) is 4.67. The van der Waals surface area contributed by atoms with Gasteiger partial charge in [0.15, 0.2) is 0 Å². The molecular formula is C19H26N2. The van der Waals surface area contributed by atoms with Crippen LogP contribution in [0.2, 0.25) is 0 Å². The molecule has 2 aliphatic heterocycles. The van der Waals surface area contributed by atoms with E-state index in [1.54, 1.807) is 5.56 Å². The quantitative estimate of drug-likeness (QED) is 0.867. The fourth-order valence-corrected chi connectivity index (χ4v) is 4.44. The molecule has 3 heterocycles. The molecule has 0 aliphatic carbocycles. The number of hydrogen-bond acceptors (Lipinski definition) is 1. The lowest BCUT2D eigenvalue weighted by molar-refractivity contribution is 0.0966. The average Bonchev–Trinajstić information content (AvgIpc) is 2.92. The van der Waals surface area contributed by atoms with Crippen molar-refractivity contribution in [3.05, 3.63) is 35.5 Å². The molecule has 21 heavy (non-hydrogen) atoms. The molecule has 112 valence electrons. The van der Waals surface area contributed by atoms with Gasteiger partial charge in [-0.1, -0.05) is 44.4 Å². The average molecular weight is 282 g/mol. The van der Waals surface area contributed by atoms with Gasteiger partial charge < -0.3 is 4.98 Å². The Morgan fingerprint density at radius 1 is 1.24 bits per heavy atom. The molecule has 1 N–H and O–H groups in total. The summed E-state index contributed by atoms with van der Waals surface area (Å²) in [7, 11) is 0. The second kappa shape index (κ2) is 5.49. The Labute approximate surface area is 127 Å². The van der Waals surface area contributed by atoms with Crippen LogP contribution >= 0.6 is 0 Å². The summed E-state index contributed by atoms with van der Waals surface area (Å²) in [6.07, 6.45) is 8.15. The Morgan fingerprint density at radius 3 is 3.05 bits per heavy atom. The van der Waals surface area contributed by atoms with E-state index in [1.165, 1.54) is 68.2 Å². The maximum Gasteiger partial charge on any atom is 0.0504 e. The van der Waals surface area contributed by atoms with E-state index in [2.05, 4.69) is 41.1 Å². The number of benzene rings is 1. The summed E-state index contributed by atoms with van der Waals surface area (Å²) in [4.78, 5) is 6.47. The number of H-pyrrole nitrogens is 1. The van der Waals surface area contributed by atoms with Crippen molar-refractivity contribution in [1.82, 2.24) is 9.88 Å². The first kappa shape index (κ1) is 13.4. The summed E-state index contributed by atoms with van der Waals surface area (Å²) in [5.74, 6) is 0.934. The molecule has 1 fully saturated rings. The highest BCUT2D eigenvalue weighted by Crippen LogP contribution is 2.42. The molecule has 0 radical (unpaired) electrons. The van der Waals surface area contributed by atoms with Crippen molar-refractivity contribution in [3.63, 3.8) is 0 Å². The molecule has 1 saturated heterocycles. The van der Waals surface area contributed by atoms with Gasteiger partial charge in [0.25, 0.3) is 0 Å². The van der Waals surface area contributed by atoms with Gasteiger partial charge in [-0.25, -0.2) is 0 Å². The second-order valence-corrected chi connectivity index (χ2v) is 6.90. The highest BCUT2D eigenvalue weighted by molar-refractivity contribution is 5.85. The Balaban J connectivity index is 1.65. The number of hydrogen-bond donors (Lipinski definition) is 1. The van der Waals surface area contributed by atoms with Gasteiger partial charge in [-0.05, 0) is 43.4 Å². The van der Waals surface area contributed by atoms with Crippen LogP contribution in [0.4, 0.5) is 0 Å². The summed E-state index contributed by atoms with van der Waals surface area (Å²) in [6, 6.07) is 9.49. The van der Waals surface area contributed by atoms with Crippen molar-refractivity contribution in [3.8, 4) is 0 Å². The van der Waals surface area contributed by atoms with Gasteiger partial charge in [0.1, 0.15) is 0 Å². The molecule has 4 rings (SSSR count). The van der Waals surface area contributed by atoms with E-state index < -0.39 is 0 Å². The smallest absolute Gasteiger partial charge is 0.0504 e. The standard InChI is InChI=1S/C19H26N2/c1-2-3-6-14-9-11-21-12-10-16-15-7-4-5-8-17(15)20-19(16)18(21)13-14/h4-5,7-8,14,18,20H,2-3,6,9-13H2,1H3/t14-,18?/m1/s1. The number of unbranched alkanes of at least 4 members (excludes halogenated alkanes) is 1. The van der Waals surface area contributed by atoms with Crippen molar-refractivity contribution in [1.29, 1.82) is 0 Å². The SMILES string of the molecule is CCCC[C@@H]1CCN2CCc3c([nH]c4ccccc34)C2C1. The molecule has 1 unspecified atom stereocenters. The van der Waals surface area contributed by atoms with Crippen LogP contribution in [-0.2, 0) is 6.42 Å². The number of aromatic amines is 1. The summed E-state index contributed by atoms with van der Waals surface area (Å²) in [6.45, 7) is 4.86. The Morgan fingerprint density at radius 2 is 2.14 bits per heavy atom. The molecule has 2 aliphatic rings. The molecule has 2 atom stereocenters. The van der Waals surface area contributed by atoms with Gasteiger partial charge >= 0.3 is 0 Å². The number of nitrogens with zero attached hydrogens (tertiary/aromatic N) is 1. The second-order valence-electron chi connectivity index (χ2n) is 6.90. The van der Waals surface area contributed by atoms with Crippen LogP contribution in [0, 0.1) is 5.92 Å². The van der Waals surface area contributed by atoms with Crippen molar-refractivity contribution >= 4 is 10.9 Å². The lowest BCUT2D eigenvalue weighted by Gasteiger charge is -2.42. The number of aromatic nitrogens is 1. The molecule has 2 aromatic rings. The van der Waals surface area contributed by atoms with Crippen LogP contribution in [0.3, 0.4) is 0 Å². The van der Waals surface area contributed by atoms with Gasteiger partial charge in [-0.3, -0.25) is 4.90 Å². The van der Waals surface area contributed by atoms with Crippen LogP contribution in [0.1, 0.15) is 56.3 Å². The predicted molar refractivity (Wildman–Crippen MR) is 88.6 cm³/mol. The van der Waals surface area contributed by atoms with Gasteiger partial charge in [0, 0.05) is 23.1 Å². The van der Waals surface area contributed by atoms with Crippen molar-refractivity contribution in [2.24, 2.45) is 5.92 Å². The third kappa shape index (κ3) is 2.30. The van der Waals surface area contributed by atoms with Crippen LogP contribution in [0.5, 0.6) is 0 Å². The maximum absolute atomic E-state index is 3.75. The van der Waals surface area contributed by atoms with E-state index in [9.17, 15) is 0 Å². The monoisotopic (exact) mass is 282 g/mol. The number of para-hydroxylation sites is 1. The molecule has 0 amide bonds. The zero-order chi connectivity index (χ0) is 14.2. The van der Waals surface area contributed by atoms with Gasteiger partial charge in [-0.15, -0.1) is 0 Å². The summed E-state index contributed by atoms with van der Waals surface area (Å²) < 4.78 is 0. The Hall–Kier alpha value is -1.28. The minimum atomic E-state index is 0.650. The topological polar surface area (TPSA) is 19.0 Å². The fraction of sp³-hybridized carbons (Fsp3) is 0.579. The van der Waals surface area contributed by atoms with Crippen LogP contribution in [0.25, 0.3) is 10.9 Å². The highest BCUT2D eigenvalue weighted by atomic mass is 15.2. The van der Waals surface area contributed by atoms with Gasteiger partial charge in [0.05, 0.1) is 6.04 Å². The first-order valence-corrected chi connectivity index (χ1v) is 8.70. The zero-order valence-corrected chi connectivity index (χ0v) is 13.1. The third-order valence-electron chi connectivity index (χ3n) is 5.62. The maximum atomic E-state index is 3.75. The lowest BCUT2D eigenvalue weighted by Crippen LogP contribution is -2.41. The third-order valence-corrected chi connectivity index (χ3v) is 5.62. The van der Waals surface area contributed by atoms with E-state index in [1.807, 2.05) is 0 Å². The van der Waals surface area contributed by atoms with E-state index in [0.29, 0.717) is 6.04 Å². The molecule has 0 saturated carbocycles. The fourth-order valence-electron chi connectivity index (χ4n) is 4.44. The van der Waals surface area contributed by atoms with Crippen LogP contribution < -0.4 is 0 Å². The molecular weight excluding hydrogens is 256 g/mol. The Bertz CT molecular complexity index is 628. The Kier molecular flexibility index (Phi) is 3.50. The minimum Gasteiger partial charge on any atom is -0.357 e. The molecule has 0 bridgehead atoms. The largest absolute Gasteiger partial charge is 0.357 e. The van der Waals surface area contributed by atoms with Gasteiger partial charge in [-0.2, -0.15) is 0 Å². The summed E-state index contributed by atoms with van der Waals surface area (Å²) >= 11 is 0. The van der Waals surface area contributed by atoms with Crippen molar-refractivity contribution < 1.29 is 0 Å². The number of rotatable bonds is 3. The molecule has 1 aromatic carbocycles. The van der Waals surface area contributed by atoms with Gasteiger partial charge in [0.2, 0.25) is 0 Å². The summed E-state index contributed by atoms with van der Waals surface area (Å²) in [5.41, 5.74) is 4.46. The van der Waals surface area contributed by atoms with E-state index in [4.69, 9.17) is 0 Å². The number of piperidine rings is 1. The molecule has 2 nitrogen and oxygen atoms in total. The van der Waals surface area contributed by atoms with E-state index in [-0.39, 0.29) is 0 Å². The van der Waals surface area contributed by atoms with E-state index in [0.717, 1.165) is 5.92 Å². The van der Waals surface area contributed by atoms with E-state index >= 15 is 0 Å². The summed E-state index contributed by atoms with van der Waals surface area (Å²) in [5, 5.41) is 1.46. The number of fused-ring (bicyclic) bond motifs is 5. The van der Waals surface area contributed by atoms with Crippen molar-refractivity contribution in [2.45, 2.75) is 51.5 Å². The lowest BCUT2D eigenvalue weighted by atomic mass is 9.82. The zero-order valence-electron chi connectivity index (χ0n) is 13.1. The molecule has 0 spiro atoms. The van der Waals surface area contributed by atoms with Crippen LogP contribution in [0.15, 0.2) is 24.3 Å². The first-order chi connectivity index (χ1) is 10.4. The van der Waals surface area contributed by atoms with Crippen molar-refractivity contribution in [2.75, 3.05) is 13.1 Å². The first-order valence-electron chi connectivity index (χ1n) is 8.70.